The van der Waals surface area contributed by atoms with Crippen LogP contribution in [0.1, 0.15) is 59.1 Å². The molecule has 2 aliphatic heterocycles. The molecular formula is C26H32F3N3O3. The Hall–Kier alpha value is -2.65. The molecule has 2 aromatic rings. The second kappa shape index (κ2) is 9.78. The molecule has 35 heavy (non-hydrogen) atoms. The highest BCUT2D eigenvalue weighted by Gasteiger charge is 2.47. The van der Waals surface area contributed by atoms with Crippen molar-refractivity contribution in [2.24, 2.45) is 5.92 Å². The Balaban J connectivity index is 1.42. The maximum atomic E-state index is 13.0. The monoisotopic (exact) mass is 491 g/mol. The van der Waals surface area contributed by atoms with Gasteiger partial charge in [-0.2, -0.15) is 13.2 Å². The number of alkyl halides is 3. The summed E-state index contributed by atoms with van der Waals surface area (Å²) in [5, 5.41) is 9.23. The van der Waals surface area contributed by atoms with E-state index in [1.165, 1.54) is 11.6 Å². The number of ether oxygens (including phenoxy) is 1. The summed E-state index contributed by atoms with van der Waals surface area (Å²) in [6.45, 7) is 10.0. The number of hydrogen-bond acceptors (Lipinski definition) is 5. The highest BCUT2D eigenvalue weighted by molar-refractivity contribution is 5.94. The van der Waals surface area contributed by atoms with Gasteiger partial charge in [0.2, 0.25) is 0 Å². The number of halogens is 3. The van der Waals surface area contributed by atoms with Crippen molar-refractivity contribution in [1.82, 2.24) is 14.8 Å². The number of aliphatic hydroxyl groups is 1. The largest absolute Gasteiger partial charge is 0.493 e. The molecule has 9 heteroatoms. The van der Waals surface area contributed by atoms with Crippen LogP contribution in [0.5, 0.6) is 5.75 Å². The highest BCUT2D eigenvalue weighted by Crippen LogP contribution is 2.39. The molecule has 2 saturated heterocycles. The topological polar surface area (TPSA) is 65.9 Å². The van der Waals surface area contributed by atoms with Gasteiger partial charge in [0, 0.05) is 49.9 Å². The van der Waals surface area contributed by atoms with E-state index in [9.17, 15) is 23.1 Å². The summed E-state index contributed by atoms with van der Waals surface area (Å²) in [6.07, 6.45) is -2.65. The van der Waals surface area contributed by atoms with Gasteiger partial charge in [-0.15, -0.1) is 0 Å². The van der Waals surface area contributed by atoms with Crippen LogP contribution < -0.4 is 4.74 Å². The molecule has 2 fully saturated rings. The Labute approximate surface area is 203 Å². The van der Waals surface area contributed by atoms with E-state index in [1.807, 2.05) is 19.9 Å². The molecule has 4 rings (SSSR count). The number of amides is 1. The van der Waals surface area contributed by atoms with Gasteiger partial charge in [-0.05, 0) is 62.1 Å². The van der Waals surface area contributed by atoms with Crippen molar-refractivity contribution in [3.05, 3.63) is 58.4 Å². The molecule has 4 atom stereocenters. The smallest absolute Gasteiger partial charge is 0.433 e. The SMILES string of the molecule is Cc1c(OC[C@@H](C)CO)ccc([C@H](C)N2C[C@@H]3C[C@H]2CN3C(=O)c2ccc(C(F)(F)F)nc2)c1C. The summed E-state index contributed by atoms with van der Waals surface area (Å²) in [6, 6.07) is 6.53. The predicted molar refractivity (Wildman–Crippen MR) is 125 cm³/mol. The maximum absolute atomic E-state index is 13.0. The number of benzene rings is 1. The van der Waals surface area contributed by atoms with Crippen LogP contribution >= 0.6 is 0 Å². The molecule has 190 valence electrons. The minimum absolute atomic E-state index is 0.0289. The van der Waals surface area contributed by atoms with Crippen LogP contribution in [0.4, 0.5) is 13.2 Å². The number of piperazine rings is 1. The lowest BCUT2D eigenvalue weighted by Gasteiger charge is -2.38. The van der Waals surface area contributed by atoms with Crippen LogP contribution in [0.15, 0.2) is 30.5 Å². The van der Waals surface area contributed by atoms with Gasteiger partial charge in [0.05, 0.1) is 12.2 Å². The Morgan fingerprint density at radius 3 is 2.46 bits per heavy atom. The van der Waals surface area contributed by atoms with Crippen molar-refractivity contribution in [3.63, 3.8) is 0 Å². The standard InChI is InChI=1S/C26H32F3N3O3/c1-15(13-33)14-35-23-7-6-22(16(2)17(23)3)18(4)31-11-21-9-20(31)12-32(21)25(34)19-5-8-24(30-10-19)26(27,28)29/h5-8,10,15,18,20-21,33H,9,11-14H2,1-4H3/t15-,18-,20-,21-/m0/s1. The van der Waals surface area contributed by atoms with E-state index in [-0.39, 0.29) is 42.1 Å². The molecule has 0 spiro atoms. The van der Waals surface area contributed by atoms with Crippen molar-refractivity contribution >= 4 is 5.91 Å². The first-order valence-corrected chi connectivity index (χ1v) is 11.9. The molecule has 0 unspecified atom stereocenters. The molecule has 6 nitrogen and oxygen atoms in total. The minimum Gasteiger partial charge on any atom is -0.493 e. The summed E-state index contributed by atoms with van der Waals surface area (Å²) >= 11 is 0. The fraction of sp³-hybridized carbons (Fsp3) is 0.538. The van der Waals surface area contributed by atoms with Crippen LogP contribution in [-0.2, 0) is 6.18 Å². The summed E-state index contributed by atoms with van der Waals surface area (Å²) in [7, 11) is 0. The Morgan fingerprint density at radius 1 is 1.14 bits per heavy atom. The van der Waals surface area contributed by atoms with Gasteiger partial charge in [0.1, 0.15) is 11.4 Å². The number of fused-ring (bicyclic) bond motifs is 2. The molecule has 2 aliphatic rings. The third kappa shape index (κ3) is 5.02. The normalized spacial score (nSPS) is 21.9. The number of hydrogen-bond donors (Lipinski definition) is 1. The van der Waals surface area contributed by atoms with Crippen LogP contribution in [0.3, 0.4) is 0 Å². The van der Waals surface area contributed by atoms with Crippen molar-refractivity contribution < 1.29 is 27.8 Å². The number of aliphatic hydroxyl groups excluding tert-OH is 1. The van der Waals surface area contributed by atoms with Crippen LogP contribution in [0, 0.1) is 19.8 Å². The van der Waals surface area contributed by atoms with Crippen LogP contribution in [-0.4, -0.2) is 64.2 Å². The zero-order chi connectivity index (χ0) is 25.5. The van der Waals surface area contributed by atoms with E-state index in [1.54, 1.807) is 4.90 Å². The van der Waals surface area contributed by atoms with E-state index in [4.69, 9.17) is 4.74 Å². The minimum atomic E-state index is -4.52. The zero-order valence-electron chi connectivity index (χ0n) is 20.5. The molecule has 1 aromatic heterocycles. The van der Waals surface area contributed by atoms with E-state index >= 15 is 0 Å². The number of pyridine rings is 1. The zero-order valence-corrected chi connectivity index (χ0v) is 20.5. The predicted octanol–water partition coefficient (Wildman–Crippen LogP) is 4.38. The van der Waals surface area contributed by atoms with Crippen LogP contribution in [0.25, 0.3) is 0 Å². The van der Waals surface area contributed by atoms with E-state index in [2.05, 4.69) is 29.8 Å². The molecule has 2 bridgehead atoms. The molecule has 1 aromatic carbocycles. The van der Waals surface area contributed by atoms with Gasteiger partial charge in [-0.3, -0.25) is 14.7 Å². The van der Waals surface area contributed by atoms with Gasteiger partial charge >= 0.3 is 6.18 Å². The summed E-state index contributed by atoms with van der Waals surface area (Å²) < 4.78 is 44.3. The first kappa shape index (κ1) is 25.4. The third-order valence-corrected chi connectivity index (χ3v) is 7.41. The average molecular weight is 492 g/mol. The summed E-state index contributed by atoms with van der Waals surface area (Å²) in [5.41, 5.74) is 2.64. The molecule has 1 amide bonds. The second-order valence-electron chi connectivity index (χ2n) is 9.81. The molecule has 1 N–H and O–H groups in total. The molecule has 0 radical (unpaired) electrons. The Bertz CT molecular complexity index is 1070. The second-order valence-corrected chi connectivity index (χ2v) is 9.81. The quantitative estimate of drug-likeness (QED) is 0.623. The van der Waals surface area contributed by atoms with E-state index in [0.717, 1.165) is 42.1 Å². The van der Waals surface area contributed by atoms with E-state index < -0.39 is 11.9 Å². The number of nitrogens with zero attached hydrogens (tertiary/aromatic N) is 3. The highest BCUT2D eigenvalue weighted by atomic mass is 19.4. The van der Waals surface area contributed by atoms with Crippen molar-refractivity contribution in [2.75, 3.05) is 26.3 Å². The third-order valence-electron chi connectivity index (χ3n) is 7.41. The first-order valence-electron chi connectivity index (χ1n) is 11.9. The van der Waals surface area contributed by atoms with Crippen LogP contribution in [0.2, 0.25) is 0 Å². The summed E-state index contributed by atoms with van der Waals surface area (Å²) in [5.74, 6) is 0.623. The Morgan fingerprint density at radius 2 is 1.89 bits per heavy atom. The number of carbonyl (C=O) groups is 1. The van der Waals surface area contributed by atoms with Gasteiger partial charge < -0.3 is 14.7 Å². The van der Waals surface area contributed by atoms with Crippen molar-refractivity contribution in [2.45, 2.75) is 58.4 Å². The van der Waals surface area contributed by atoms with Gasteiger partial charge in [0.25, 0.3) is 5.91 Å². The number of aromatic nitrogens is 1. The number of rotatable bonds is 7. The molecular weight excluding hydrogens is 459 g/mol. The molecule has 3 heterocycles. The lowest BCUT2D eigenvalue weighted by atomic mass is 9.96. The fourth-order valence-electron chi connectivity index (χ4n) is 5.16. The lowest BCUT2D eigenvalue weighted by molar-refractivity contribution is -0.141. The Kier molecular flexibility index (Phi) is 7.11. The van der Waals surface area contributed by atoms with Gasteiger partial charge in [0.15, 0.2) is 0 Å². The van der Waals surface area contributed by atoms with Gasteiger partial charge in [-0.25, -0.2) is 0 Å². The van der Waals surface area contributed by atoms with E-state index in [0.29, 0.717) is 13.2 Å². The number of likely N-dealkylation sites (tertiary alicyclic amines) is 2. The lowest BCUT2D eigenvalue weighted by Crippen LogP contribution is -2.49. The average Bonchev–Trinajstić information content (AvgIpc) is 3.45. The molecule has 0 aliphatic carbocycles. The number of carbonyl (C=O) groups excluding carboxylic acids is 1. The maximum Gasteiger partial charge on any atom is 0.433 e. The van der Waals surface area contributed by atoms with Gasteiger partial charge in [-0.1, -0.05) is 13.0 Å². The van der Waals surface area contributed by atoms with Crippen molar-refractivity contribution in [3.8, 4) is 5.75 Å². The first-order chi connectivity index (χ1) is 16.5. The fourth-order valence-corrected chi connectivity index (χ4v) is 5.16. The molecule has 0 saturated carbocycles. The van der Waals surface area contributed by atoms with Crippen molar-refractivity contribution in [1.29, 1.82) is 0 Å². The summed E-state index contributed by atoms with van der Waals surface area (Å²) in [4.78, 5) is 20.6.